The number of hydrogen-bond acceptors (Lipinski definition) is 6. The van der Waals surface area contributed by atoms with Gasteiger partial charge in [0.2, 0.25) is 0 Å². The van der Waals surface area contributed by atoms with Crippen LogP contribution in [0, 0.1) is 0 Å². The molecule has 2 N–H and O–H groups in total. The molecule has 1 aliphatic rings. The van der Waals surface area contributed by atoms with Gasteiger partial charge in [-0.25, -0.2) is 0 Å². The molecular weight excluding hydrogens is 514 g/mol. The maximum Gasteiger partial charge on any atom is 0.159 e. The van der Waals surface area contributed by atoms with E-state index >= 15 is 0 Å². The van der Waals surface area contributed by atoms with Crippen molar-refractivity contribution in [3.63, 3.8) is 0 Å². The van der Waals surface area contributed by atoms with E-state index in [1.807, 2.05) is 59.0 Å². The van der Waals surface area contributed by atoms with E-state index in [-0.39, 0.29) is 6.10 Å². The number of hydrogen-bond donors (Lipinski definition) is 2. The fraction of sp³-hybridized carbons (Fsp3) is 0.657. The second kappa shape index (κ2) is 30.8. The van der Waals surface area contributed by atoms with Gasteiger partial charge in [0.25, 0.3) is 0 Å². The van der Waals surface area contributed by atoms with Crippen molar-refractivity contribution in [2.24, 2.45) is 4.99 Å². The number of carbonyl (C=O) groups excluding carboxylic acids is 1. The molecule has 0 bridgehead atoms. The van der Waals surface area contributed by atoms with Crippen LogP contribution in [-0.4, -0.2) is 53.4 Å². The second-order valence-corrected chi connectivity index (χ2v) is 9.78. The van der Waals surface area contributed by atoms with Crippen molar-refractivity contribution in [1.29, 1.82) is 0 Å². The minimum absolute atomic E-state index is 0.00786. The predicted octanol–water partition coefficient (Wildman–Crippen LogP) is 9.09. The summed E-state index contributed by atoms with van der Waals surface area (Å²) < 4.78 is 10.1. The van der Waals surface area contributed by atoms with E-state index in [0.717, 1.165) is 43.3 Å². The van der Waals surface area contributed by atoms with Crippen LogP contribution in [0.4, 0.5) is 0 Å². The van der Waals surface area contributed by atoms with Crippen LogP contribution in [0.15, 0.2) is 64.4 Å². The Morgan fingerprint density at radius 1 is 1.10 bits per heavy atom. The Morgan fingerprint density at radius 2 is 1.63 bits per heavy atom. The van der Waals surface area contributed by atoms with Gasteiger partial charge < -0.3 is 24.5 Å². The Morgan fingerprint density at radius 3 is 2.00 bits per heavy atom. The number of rotatable bonds is 10. The lowest BCUT2D eigenvalue weighted by atomic mass is 10.0. The zero-order chi connectivity index (χ0) is 32.9. The van der Waals surface area contributed by atoms with Crippen molar-refractivity contribution in [3.05, 3.63) is 59.4 Å². The van der Waals surface area contributed by atoms with Crippen molar-refractivity contribution >= 4 is 12.0 Å². The molecule has 0 aromatic heterocycles. The van der Waals surface area contributed by atoms with Crippen LogP contribution in [0.25, 0.3) is 0 Å². The van der Waals surface area contributed by atoms with Crippen LogP contribution in [0.1, 0.15) is 122 Å². The molecule has 0 saturated carbocycles. The summed E-state index contributed by atoms with van der Waals surface area (Å²) in [5.74, 6) is -0.958. The Labute approximate surface area is 254 Å². The molecule has 6 heteroatoms. The quantitative estimate of drug-likeness (QED) is 0.117. The molecule has 1 aliphatic heterocycles. The first-order valence-electron chi connectivity index (χ1n) is 15.1. The first-order valence-corrected chi connectivity index (χ1v) is 15.1. The van der Waals surface area contributed by atoms with E-state index in [2.05, 4.69) is 62.6 Å². The summed E-state index contributed by atoms with van der Waals surface area (Å²) >= 11 is 0. The van der Waals surface area contributed by atoms with Gasteiger partial charge in [0, 0.05) is 19.0 Å². The second-order valence-electron chi connectivity index (χ2n) is 9.78. The third kappa shape index (κ3) is 29.2. The van der Waals surface area contributed by atoms with Gasteiger partial charge >= 0.3 is 0 Å². The highest BCUT2D eigenvalue weighted by atomic mass is 16.6. The fourth-order valence-electron chi connectivity index (χ4n) is 3.29. The average molecular weight is 580 g/mol. The van der Waals surface area contributed by atoms with Crippen molar-refractivity contribution in [2.45, 2.75) is 146 Å². The molecule has 0 aromatic carbocycles. The van der Waals surface area contributed by atoms with Gasteiger partial charge in [-0.3, -0.25) is 4.99 Å². The van der Waals surface area contributed by atoms with Gasteiger partial charge in [-0.1, -0.05) is 76.1 Å². The third-order valence-electron chi connectivity index (χ3n) is 5.55. The van der Waals surface area contributed by atoms with Crippen LogP contribution in [0.3, 0.4) is 0 Å². The maximum atomic E-state index is 9.93. The molecule has 1 heterocycles. The maximum absolute atomic E-state index is 9.93. The van der Waals surface area contributed by atoms with Crippen molar-refractivity contribution in [2.75, 3.05) is 7.11 Å². The summed E-state index contributed by atoms with van der Waals surface area (Å²) in [5, 5.41) is 18.5. The monoisotopic (exact) mass is 579 g/mol. The van der Waals surface area contributed by atoms with Crippen LogP contribution < -0.4 is 0 Å². The zero-order valence-corrected chi connectivity index (χ0v) is 29.0. The Bertz CT molecular complexity index is 798. The molecule has 1 fully saturated rings. The lowest BCUT2D eigenvalue weighted by Crippen LogP contribution is -2.26. The van der Waals surface area contributed by atoms with Crippen molar-refractivity contribution in [3.8, 4) is 0 Å². The molecule has 3 unspecified atom stereocenters. The minimum atomic E-state index is -0.958. The van der Waals surface area contributed by atoms with Crippen LogP contribution >= 0.6 is 0 Å². The number of nitrogens with zero attached hydrogens (tertiary/aromatic N) is 1. The molecule has 0 aromatic rings. The standard InChI is InChI=1S/C15H25N.C12H20O2.C4H10O2.C2H4O.C2H6/c1-6-9-12-16-14(5)15(11-8-3)13(4)10-7-2;1-4-5-6-9(2)12(13)11-8-7-10(3)14-11;1-4(2,5)6-3;1-2-3;1-2/h8-9,11-12H,6-7,10H2,1-5H3;4-6,10-13H,7-8H2,1-3H3;5H,1-3H3;2H,1H3;1-2H3/b11-8-,12-9+,15-13+,16-14+;5-4-,9-6+;;;. The lowest BCUT2D eigenvalue weighted by molar-refractivity contribution is -0.155. The van der Waals surface area contributed by atoms with Gasteiger partial charge in [0.05, 0.1) is 12.2 Å². The average Bonchev–Trinajstić information content (AvgIpc) is 3.38. The minimum Gasteiger partial charge on any atom is -0.386 e. The Kier molecular flexibility index (Phi) is 34.5. The van der Waals surface area contributed by atoms with E-state index in [1.165, 1.54) is 31.6 Å². The highest BCUT2D eigenvalue weighted by Gasteiger charge is 2.28. The number of aliphatic imine (C=N–C) groups is 1. The lowest BCUT2D eigenvalue weighted by Gasteiger charge is -2.18. The number of allylic oxidation sites excluding steroid dienone is 8. The van der Waals surface area contributed by atoms with Gasteiger partial charge in [-0.05, 0) is 99.1 Å². The van der Waals surface area contributed by atoms with Crippen molar-refractivity contribution in [1.82, 2.24) is 0 Å². The molecule has 1 saturated heterocycles. The highest BCUT2D eigenvalue weighted by Crippen LogP contribution is 2.24. The number of methoxy groups -OCH3 is 1. The predicted molar refractivity (Wildman–Crippen MR) is 180 cm³/mol. The molecule has 0 spiro atoms. The summed E-state index contributed by atoms with van der Waals surface area (Å²) in [6, 6.07) is 0. The van der Waals surface area contributed by atoms with E-state index in [4.69, 9.17) is 14.6 Å². The number of aliphatic hydroxyl groups is 2. The van der Waals surface area contributed by atoms with E-state index in [9.17, 15) is 5.11 Å². The molecule has 0 radical (unpaired) electrons. The molecular formula is C35H65NO5. The smallest absolute Gasteiger partial charge is 0.159 e. The number of aliphatic hydroxyl groups excluding tert-OH is 1. The first-order chi connectivity index (χ1) is 19.3. The van der Waals surface area contributed by atoms with E-state index < -0.39 is 11.9 Å². The largest absolute Gasteiger partial charge is 0.386 e. The summed E-state index contributed by atoms with van der Waals surface area (Å²) in [4.78, 5) is 13.3. The van der Waals surface area contributed by atoms with Gasteiger partial charge in [-0.15, -0.1) is 0 Å². The third-order valence-corrected chi connectivity index (χ3v) is 5.55. The highest BCUT2D eigenvalue weighted by molar-refractivity contribution is 6.01. The van der Waals surface area contributed by atoms with Crippen molar-refractivity contribution < 1.29 is 24.5 Å². The fourth-order valence-corrected chi connectivity index (χ4v) is 3.29. The van der Waals surface area contributed by atoms with Gasteiger partial charge in [-0.2, -0.15) is 0 Å². The van der Waals surface area contributed by atoms with E-state index in [1.54, 1.807) is 13.8 Å². The summed E-state index contributed by atoms with van der Waals surface area (Å²) in [5.41, 5.74) is 4.79. The number of carbonyl (C=O) groups is 1. The summed E-state index contributed by atoms with van der Waals surface area (Å²) in [7, 11) is 1.46. The molecule has 1 rings (SSSR count). The molecule has 240 valence electrons. The number of ether oxygens (including phenoxy) is 2. The first kappa shape index (κ1) is 45.9. The summed E-state index contributed by atoms with van der Waals surface area (Å²) in [6.45, 7) is 25.2. The molecule has 0 amide bonds. The molecule has 3 atom stereocenters. The zero-order valence-electron chi connectivity index (χ0n) is 29.0. The van der Waals surface area contributed by atoms with Crippen LogP contribution in [-0.2, 0) is 14.3 Å². The SMILES string of the molecule is C/C=C\C=C(/C)C(O)C1CCC(C)O1.CC.CC=O.COC(C)(C)O.C\C=C/C(C(/C)=N/C=C/CC)=C(/C)CCC. The summed E-state index contributed by atoms with van der Waals surface area (Å²) in [6.07, 6.45) is 20.0. The van der Waals surface area contributed by atoms with Crippen LogP contribution in [0.5, 0.6) is 0 Å². The molecule has 6 nitrogen and oxygen atoms in total. The van der Waals surface area contributed by atoms with E-state index in [0.29, 0.717) is 6.10 Å². The normalized spacial score (nSPS) is 18.7. The molecule has 41 heavy (non-hydrogen) atoms. The van der Waals surface area contributed by atoms with Gasteiger partial charge in [0.15, 0.2) is 5.79 Å². The number of aldehydes is 1. The molecule has 0 aliphatic carbocycles. The topological polar surface area (TPSA) is 88.4 Å². The Hall–Kier alpha value is -2.12. The van der Waals surface area contributed by atoms with Crippen LogP contribution in [0.2, 0.25) is 0 Å². The van der Waals surface area contributed by atoms with Gasteiger partial charge in [0.1, 0.15) is 12.4 Å². The Balaban J connectivity index is -0.000000248.